The Morgan fingerprint density at radius 1 is 0.389 bits per heavy atom. The molecule has 113 heavy (non-hydrogen) atoms. The molecule has 674 valence electrons. The van der Waals surface area contributed by atoms with E-state index in [1.807, 2.05) is 0 Å². The number of phosphoric acid groups is 4. The smallest absolute Gasteiger partial charge is 0.267 e. The van der Waals surface area contributed by atoms with Crippen LogP contribution in [0.4, 0.5) is 0 Å². The van der Waals surface area contributed by atoms with Crippen molar-refractivity contribution in [2.75, 3.05) is 179 Å². The van der Waals surface area contributed by atoms with Gasteiger partial charge in [0, 0.05) is 91.2 Å². The van der Waals surface area contributed by atoms with Crippen LogP contribution in [0.25, 0.3) is 0 Å². The van der Waals surface area contributed by atoms with Gasteiger partial charge in [0.05, 0.1) is 130 Å². The number of carbonyl (C=O) groups excluding carboxylic acids is 1. The van der Waals surface area contributed by atoms with Gasteiger partial charge in [-0.1, -0.05) is 73.1 Å². The maximum Gasteiger partial charge on any atom is 0.267 e. The van der Waals surface area contributed by atoms with Crippen molar-refractivity contribution in [2.45, 2.75) is 231 Å². The van der Waals surface area contributed by atoms with Gasteiger partial charge in [0.15, 0.2) is 18.9 Å². The Labute approximate surface area is 665 Å². The van der Waals surface area contributed by atoms with E-state index in [1.165, 1.54) is 6.92 Å². The molecule has 0 aromatic carbocycles. The summed E-state index contributed by atoms with van der Waals surface area (Å²) in [5.74, 6) is -1.14. The molecule has 0 radical (unpaired) electrons. The van der Waals surface area contributed by atoms with Crippen LogP contribution in [0, 0.1) is 29.1 Å². The van der Waals surface area contributed by atoms with Crippen LogP contribution in [-0.4, -0.2) is 316 Å². The Kier molecular flexibility index (Phi) is 59.5. The summed E-state index contributed by atoms with van der Waals surface area (Å²) < 4.78 is 160. The van der Waals surface area contributed by atoms with Crippen molar-refractivity contribution in [1.29, 1.82) is 0 Å². The van der Waals surface area contributed by atoms with Gasteiger partial charge in [0.2, 0.25) is 5.91 Å². The Balaban J connectivity index is 0.0000106. The van der Waals surface area contributed by atoms with Gasteiger partial charge in [0.1, 0.15) is 48.8 Å². The Morgan fingerprint density at radius 3 is 0.991 bits per heavy atom. The highest BCUT2D eigenvalue weighted by Crippen LogP contribution is 2.43. The second kappa shape index (κ2) is 62.2. The van der Waals surface area contributed by atoms with Crippen molar-refractivity contribution in [2.24, 2.45) is 29.1 Å². The summed E-state index contributed by atoms with van der Waals surface area (Å²) in [6.45, 7) is 6.25. The number of aliphatic hydroxyl groups excluding tert-OH is 10. The molecule has 3 heterocycles. The van der Waals surface area contributed by atoms with Crippen molar-refractivity contribution in [3.63, 3.8) is 0 Å². The molecule has 3 fully saturated rings. The highest BCUT2D eigenvalue weighted by atomic mass is 31.2. The molecule has 0 saturated carbocycles. The highest BCUT2D eigenvalue weighted by Gasteiger charge is 2.46. The molecule has 0 spiro atoms. The molecule has 1 amide bonds. The van der Waals surface area contributed by atoms with Crippen molar-refractivity contribution in [1.82, 2.24) is 5.32 Å². The van der Waals surface area contributed by atoms with Gasteiger partial charge in [-0.3, -0.25) is 23.1 Å². The molecule has 0 bridgehead atoms. The van der Waals surface area contributed by atoms with Crippen LogP contribution < -0.4 is 24.9 Å². The van der Waals surface area contributed by atoms with E-state index in [-0.39, 0.29) is 131 Å². The van der Waals surface area contributed by atoms with Gasteiger partial charge in [-0.15, -0.1) is 0 Å². The molecule has 0 aromatic heterocycles. The van der Waals surface area contributed by atoms with E-state index in [9.17, 15) is 93.7 Å². The van der Waals surface area contributed by atoms with Gasteiger partial charge >= 0.3 is 0 Å². The molecular formula is C69H135NO39P4-4. The average molecular weight is 1730 g/mol. The fraction of sp³-hybridized carbons (Fsp3) is 0.986. The first kappa shape index (κ1) is 108. The minimum Gasteiger partial charge on any atom is -0.756 e. The first-order valence-corrected chi connectivity index (χ1v) is 45.0. The van der Waals surface area contributed by atoms with Crippen molar-refractivity contribution in [3.8, 4) is 0 Å². The lowest BCUT2D eigenvalue weighted by molar-refractivity contribution is -0.282. The SMILES string of the molecule is CC(C)C.COCCCOCC(CO)COCCCOP(=O)([O-])OCC(COCCCOP(=O)([O-])OCCCCCCO[C@@H]1OC(CO)[C@H](O)[C@H](O)C1C)(COCCCOP(=O)([O-])OCCCCCCO[C@@H]1OC(CO)[C@H](O)[C@H](O)C1C)COCCCOP(=O)([O-])OCCCCCCO[C@@H]1OC(CO)[C@H](O)[C@H](O)C1NC(C)=O. The minimum atomic E-state index is -5.15. The molecule has 0 aliphatic carbocycles. The molecule has 11 unspecified atom stereocenters. The summed E-state index contributed by atoms with van der Waals surface area (Å²) in [4.78, 5) is 63.2. The quantitative estimate of drug-likeness (QED) is 0.0296. The number of carbonyl (C=O) groups is 1. The summed E-state index contributed by atoms with van der Waals surface area (Å²) in [5.41, 5.74) is -1.56. The predicted molar refractivity (Wildman–Crippen MR) is 393 cm³/mol. The van der Waals surface area contributed by atoms with E-state index >= 15 is 0 Å². The lowest BCUT2D eigenvalue weighted by Gasteiger charge is -2.42. The van der Waals surface area contributed by atoms with E-state index in [2.05, 4.69) is 26.1 Å². The first-order valence-electron chi connectivity index (χ1n) is 39.1. The summed E-state index contributed by atoms with van der Waals surface area (Å²) in [6, 6.07) is -1.11. The van der Waals surface area contributed by atoms with Crippen LogP contribution in [0.5, 0.6) is 0 Å². The van der Waals surface area contributed by atoms with Crippen LogP contribution in [-0.2, 0) is 116 Å². The van der Waals surface area contributed by atoms with Gasteiger partial charge in [0.25, 0.3) is 31.3 Å². The maximum atomic E-state index is 13.4. The standard InChI is InChI=1S/C65H129NO39P4.C4H10/c1-48-56(72)58(74)52(39-68)103-62(48)92-28-11-5-8-14-31-95-106(78,79)98-35-19-25-89-44-65(47-102-109(84,85)101-34-18-24-88-43-51(38-67)42-87-23-17-22-86-4,45-90-26-20-36-99-107(80,81)96-32-15-9-6-12-29-93-63-49(2)57(73)59(75)53(40-69)104-63)46-91-27-21-37-100-108(82,83)97-33-16-10-7-13-30-94-64-55(66-50(3)71)61(77)60(76)54(41-70)105-64;1-4(2)3/h48-49,51-64,67-70,72-77H,5-47H2,1-4H3,(H,66,71)(H,78,79)(H,80,81)(H,82,83)(H,84,85);4H,1-3H3/p-4/t48?,49?,51?,52?,53?,54?,55?,56-,57-,58+,59+,60+,61-,62-,63-,64-,65?;/m1./s1. The van der Waals surface area contributed by atoms with Crippen LogP contribution in [0.3, 0.4) is 0 Å². The second-order valence-electron chi connectivity index (χ2n) is 28.7. The van der Waals surface area contributed by atoms with E-state index < -0.39 is 200 Å². The number of aliphatic hydroxyl groups is 10. The molecule has 3 aliphatic rings. The molecule has 0 aromatic rings. The average Bonchev–Trinajstić information content (AvgIpc) is 0.812. The Morgan fingerprint density at radius 2 is 0.673 bits per heavy atom. The first-order chi connectivity index (χ1) is 53.7. The van der Waals surface area contributed by atoms with Crippen LogP contribution in [0.2, 0.25) is 0 Å². The molecule has 40 nitrogen and oxygen atoms in total. The number of rotatable bonds is 69. The Bertz CT molecular complexity index is 2480. The lowest BCUT2D eigenvalue weighted by Crippen LogP contribution is -2.64. The van der Waals surface area contributed by atoms with E-state index in [0.717, 1.165) is 5.92 Å². The molecule has 3 aliphatic heterocycles. The third-order valence-electron chi connectivity index (χ3n) is 17.4. The minimum absolute atomic E-state index is 0.0367. The van der Waals surface area contributed by atoms with Gasteiger partial charge in [-0.2, -0.15) is 0 Å². The molecule has 20 atom stereocenters. The van der Waals surface area contributed by atoms with E-state index in [1.54, 1.807) is 21.0 Å². The largest absolute Gasteiger partial charge is 0.756 e. The summed E-state index contributed by atoms with van der Waals surface area (Å²) in [6.07, 6.45) is -7.34. The number of ether oxygens (including phenoxy) is 12. The van der Waals surface area contributed by atoms with Crippen molar-refractivity contribution >= 4 is 37.2 Å². The number of unbranched alkanes of at least 4 members (excludes halogenated alkanes) is 9. The molecular weight excluding hydrogens is 1590 g/mol. The predicted octanol–water partition coefficient (Wildman–Crippen LogP) is 0.755. The van der Waals surface area contributed by atoms with Gasteiger partial charge in [-0.05, 0) is 76.5 Å². The monoisotopic (exact) mass is 1730 g/mol. The normalized spacial score (nSPS) is 27.2. The fourth-order valence-corrected chi connectivity index (χ4v) is 14.2. The molecule has 44 heteroatoms. The van der Waals surface area contributed by atoms with E-state index in [0.29, 0.717) is 90.3 Å². The summed E-state index contributed by atoms with van der Waals surface area (Å²) >= 11 is 0. The van der Waals surface area contributed by atoms with Gasteiger partial charge in [-0.25, -0.2) is 0 Å². The van der Waals surface area contributed by atoms with E-state index in [4.69, 9.17) is 93.0 Å². The molecule has 11 N–H and O–H groups in total. The highest BCUT2D eigenvalue weighted by molar-refractivity contribution is 7.46. The maximum absolute atomic E-state index is 13.4. The third kappa shape index (κ3) is 49.1. The second-order valence-corrected chi connectivity index (χ2v) is 34.3. The number of hydrogen-bond donors (Lipinski definition) is 11. The number of methoxy groups -OCH3 is 1. The zero-order valence-corrected chi connectivity index (χ0v) is 70.4. The Hall–Kier alpha value is -0.970. The summed E-state index contributed by atoms with van der Waals surface area (Å²) in [7, 11) is -18.0. The third-order valence-corrected chi connectivity index (χ3v) is 21.4. The van der Waals surface area contributed by atoms with Crippen LogP contribution >= 0.6 is 31.3 Å². The number of hydrogen-bond acceptors (Lipinski definition) is 39. The van der Waals surface area contributed by atoms with Crippen molar-refractivity contribution in [3.05, 3.63) is 0 Å². The van der Waals surface area contributed by atoms with Crippen molar-refractivity contribution < 1.29 is 187 Å². The zero-order chi connectivity index (χ0) is 84.1. The lowest BCUT2D eigenvalue weighted by atomic mass is 9.92. The van der Waals surface area contributed by atoms with Crippen LogP contribution in [0.15, 0.2) is 0 Å². The number of amides is 1. The zero-order valence-electron chi connectivity index (χ0n) is 66.8. The fourth-order valence-electron chi connectivity index (χ4n) is 11.0. The topological polar surface area (TPSA) is 577 Å². The number of phosphoric ester groups is 4. The van der Waals surface area contributed by atoms with Gasteiger partial charge < -0.3 is 169 Å². The molecule has 3 rings (SSSR count). The van der Waals surface area contributed by atoms with Crippen LogP contribution in [0.1, 0.15) is 151 Å². The number of nitrogens with one attached hydrogen (secondary N) is 1. The molecule has 3 saturated heterocycles. The summed E-state index contributed by atoms with van der Waals surface area (Å²) in [5, 5.41) is 102.